The summed E-state index contributed by atoms with van der Waals surface area (Å²) in [6, 6.07) is 10.1. The van der Waals surface area contributed by atoms with Crippen molar-refractivity contribution in [2.75, 3.05) is 32.7 Å². The molecule has 2 aliphatic heterocycles. The number of rotatable bonds is 5. The van der Waals surface area contributed by atoms with Crippen LogP contribution in [-0.4, -0.2) is 54.3 Å². The molecule has 0 saturated carbocycles. The standard InChI is InChI=1S/C20H29N3O2/c1-2-22-15-20(11-9-18(22)24)10-6-12-23(16-20)19(25)14-21-13-17-7-4-3-5-8-17/h3-5,7-8,21H,2,6,9-16H2,1H3/t20-/m0/s1. The molecule has 1 atom stereocenters. The van der Waals surface area contributed by atoms with Gasteiger partial charge in [0.1, 0.15) is 0 Å². The second-order valence-electron chi connectivity index (χ2n) is 7.42. The molecule has 2 aliphatic rings. The highest BCUT2D eigenvalue weighted by atomic mass is 16.2. The fourth-order valence-corrected chi connectivity index (χ4v) is 4.17. The summed E-state index contributed by atoms with van der Waals surface area (Å²) in [5.41, 5.74) is 1.30. The molecule has 3 rings (SSSR count). The zero-order chi connectivity index (χ0) is 17.7. The molecule has 1 aromatic carbocycles. The molecule has 2 fully saturated rings. The highest BCUT2D eigenvalue weighted by molar-refractivity contribution is 5.79. The first-order chi connectivity index (χ1) is 12.1. The Morgan fingerprint density at radius 2 is 2.00 bits per heavy atom. The van der Waals surface area contributed by atoms with E-state index in [1.807, 2.05) is 34.9 Å². The lowest BCUT2D eigenvalue weighted by Crippen LogP contribution is -2.55. The average Bonchev–Trinajstić information content (AvgIpc) is 2.65. The number of benzene rings is 1. The summed E-state index contributed by atoms with van der Waals surface area (Å²) in [5, 5.41) is 3.26. The minimum atomic E-state index is 0.108. The summed E-state index contributed by atoms with van der Waals surface area (Å²) in [6.45, 7) is 6.34. The number of amides is 2. The zero-order valence-electron chi connectivity index (χ0n) is 15.2. The monoisotopic (exact) mass is 343 g/mol. The van der Waals surface area contributed by atoms with Crippen molar-refractivity contribution in [2.45, 2.75) is 39.2 Å². The smallest absolute Gasteiger partial charge is 0.236 e. The van der Waals surface area contributed by atoms with E-state index < -0.39 is 0 Å². The Labute approximate surface area is 150 Å². The molecule has 2 amide bonds. The van der Waals surface area contributed by atoms with Gasteiger partial charge in [-0.2, -0.15) is 0 Å². The first-order valence-corrected chi connectivity index (χ1v) is 9.42. The molecule has 0 aliphatic carbocycles. The third-order valence-electron chi connectivity index (χ3n) is 5.59. The van der Waals surface area contributed by atoms with Crippen molar-refractivity contribution in [1.82, 2.24) is 15.1 Å². The van der Waals surface area contributed by atoms with Crippen LogP contribution in [0.5, 0.6) is 0 Å². The van der Waals surface area contributed by atoms with Gasteiger partial charge in [-0.15, -0.1) is 0 Å². The first-order valence-electron chi connectivity index (χ1n) is 9.42. The molecule has 5 heteroatoms. The van der Waals surface area contributed by atoms with Crippen LogP contribution in [0.1, 0.15) is 38.2 Å². The van der Waals surface area contributed by atoms with Gasteiger partial charge in [-0.1, -0.05) is 30.3 Å². The first kappa shape index (κ1) is 17.9. The van der Waals surface area contributed by atoms with Gasteiger partial charge in [0, 0.05) is 44.6 Å². The lowest BCUT2D eigenvalue weighted by molar-refractivity contribution is -0.142. The fourth-order valence-electron chi connectivity index (χ4n) is 4.17. The summed E-state index contributed by atoms with van der Waals surface area (Å²) in [7, 11) is 0. The largest absolute Gasteiger partial charge is 0.342 e. The Kier molecular flexibility index (Phi) is 5.74. The van der Waals surface area contributed by atoms with Crippen LogP contribution >= 0.6 is 0 Å². The highest BCUT2D eigenvalue weighted by Crippen LogP contribution is 2.38. The molecular formula is C20H29N3O2. The Morgan fingerprint density at radius 1 is 1.20 bits per heavy atom. The third-order valence-corrected chi connectivity index (χ3v) is 5.59. The quantitative estimate of drug-likeness (QED) is 0.890. The van der Waals surface area contributed by atoms with Crippen LogP contribution in [0.2, 0.25) is 0 Å². The average molecular weight is 343 g/mol. The number of carbonyl (C=O) groups is 2. The number of piperidine rings is 2. The summed E-state index contributed by atoms with van der Waals surface area (Å²) < 4.78 is 0. The van der Waals surface area contributed by atoms with Crippen molar-refractivity contribution >= 4 is 11.8 Å². The summed E-state index contributed by atoms with van der Waals surface area (Å²) in [5.74, 6) is 0.441. The second kappa shape index (κ2) is 8.00. The van der Waals surface area contributed by atoms with Crippen LogP contribution < -0.4 is 5.32 Å². The van der Waals surface area contributed by atoms with Crippen molar-refractivity contribution in [3.63, 3.8) is 0 Å². The SMILES string of the molecule is CCN1C[C@]2(CCCN(C(=O)CNCc3ccccc3)C2)CCC1=O. The van der Waals surface area contributed by atoms with Gasteiger partial charge in [-0.25, -0.2) is 0 Å². The molecule has 1 spiro atoms. The van der Waals surface area contributed by atoms with E-state index in [1.165, 1.54) is 5.56 Å². The Hall–Kier alpha value is -1.88. The Bertz CT molecular complexity index is 604. The van der Waals surface area contributed by atoms with E-state index in [9.17, 15) is 9.59 Å². The maximum atomic E-state index is 12.6. The Balaban J connectivity index is 1.52. The molecule has 1 aromatic rings. The topological polar surface area (TPSA) is 52.6 Å². The van der Waals surface area contributed by atoms with Gasteiger partial charge < -0.3 is 15.1 Å². The van der Waals surface area contributed by atoms with Crippen LogP contribution in [0.4, 0.5) is 0 Å². The zero-order valence-corrected chi connectivity index (χ0v) is 15.2. The summed E-state index contributed by atoms with van der Waals surface area (Å²) in [4.78, 5) is 28.6. The van der Waals surface area contributed by atoms with Gasteiger partial charge in [-0.05, 0) is 31.7 Å². The predicted octanol–water partition coefficient (Wildman–Crippen LogP) is 2.03. The molecule has 0 unspecified atom stereocenters. The highest BCUT2D eigenvalue weighted by Gasteiger charge is 2.42. The van der Waals surface area contributed by atoms with Crippen LogP contribution in [0.3, 0.4) is 0 Å². The van der Waals surface area contributed by atoms with E-state index in [0.717, 1.165) is 45.4 Å². The molecule has 25 heavy (non-hydrogen) atoms. The van der Waals surface area contributed by atoms with Crippen molar-refractivity contribution in [2.24, 2.45) is 5.41 Å². The van der Waals surface area contributed by atoms with E-state index in [1.54, 1.807) is 0 Å². The van der Waals surface area contributed by atoms with Crippen LogP contribution in [0.25, 0.3) is 0 Å². The number of likely N-dealkylation sites (tertiary alicyclic amines) is 2. The Morgan fingerprint density at radius 3 is 2.76 bits per heavy atom. The van der Waals surface area contributed by atoms with E-state index in [2.05, 4.69) is 17.4 Å². The van der Waals surface area contributed by atoms with Crippen molar-refractivity contribution in [3.05, 3.63) is 35.9 Å². The van der Waals surface area contributed by atoms with Gasteiger partial charge in [0.25, 0.3) is 0 Å². The van der Waals surface area contributed by atoms with Crippen molar-refractivity contribution in [3.8, 4) is 0 Å². The number of nitrogens with one attached hydrogen (secondary N) is 1. The maximum Gasteiger partial charge on any atom is 0.236 e. The van der Waals surface area contributed by atoms with E-state index in [0.29, 0.717) is 19.5 Å². The maximum absolute atomic E-state index is 12.6. The number of nitrogens with zero attached hydrogens (tertiary/aromatic N) is 2. The molecule has 2 saturated heterocycles. The summed E-state index contributed by atoms with van der Waals surface area (Å²) >= 11 is 0. The number of hydrogen-bond acceptors (Lipinski definition) is 3. The molecule has 0 radical (unpaired) electrons. The predicted molar refractivity (Wildman–Crippen MR) is 97.9 cm³/mol. The lowest BCUT2D eigenvalue weighted by Gasteiger charge is -2.48. The van der Waals surface area contributed by atoms with Crippen LogP contribution in [0, 0.1) is 5.41 Å². The molecule has 2 heterocycles. The van der Waals surface area contributed by atoms with E-state index >= 15 is 0 Å². The minimum Gasteiger partial charge on any atom is -0.342 e. The van der Waals surface area contributed by atoms with Gasteiger partial charge in [0.05, 0.1) is 6.54 Å². The number of carbonyl (C=O) groups excluding carboxylic acids is 2. The van der Waals surface area contributed by atoms with Gasteiger partial charge in [0.2, 0.25) is 11.8 Å². The van der Waals surface area contributed by atoms with E-state index in [-0.39, 0.29) is 17.2 Å². The molecule has 1 N–H and O–H groups in total. The normalized spacial score (nSPS) is 24.0. The van der Waals surface area contributed by atoms with Gasteiger partial charge in [0.15, 0.2) is 0 Å². The molecule has 136 valence electrons. The lowest BCUT2D eigenvalue weighted by atomic mass is 9.73. The van der Waals surface area contributed by atoms with Crippen LogP contribution in [0.15, 0.2) is 30.3 Å². The minimum absolute atomic E-state index is 0.108. The van der Waals surface area contributed by atoms with Gasteiger partial charge in [-0.3, -0.25) is 9.59 Å². The molecule has 0 aromatic heterocycles. The number of hydrogen-bond donors (Lipinski definition) is 1. The van der Waals surface area contributed by atoms with Gasteiger partial charge >= 0.3 is 0 Å². The van der Waals surface area contributed by atoms with Crippen molar-refractivity contribution < 1.29 is 9.59 Å². The molecular weight excluding hydrogens is 314 g/mol. The van der Waals surface area contributed by atoms with Crippen LogP contribution in [-0.2, 0) is 16.1 Å². The fraction of sp³-hybridized carbons (Fsp3) is 0.600. The summed E-state index contributed by atoms with van der Waals surface area (Å²) in [6.07, 6.45) is 3.71. The second-order valence-corrected chi connectivity index (χ2v) is 7.42. The van der Waals surface area contributed by atoms with E-state index in [4.69, 9.17) is 0 Å². The third kappa shape index (κ3) is 4.40. The van der Waals surface area contributed by atoms with Crippen molar-refractivity contribution in [1.29, 1.82) is 0 Å². The molecule has 0 bridgehead atoms. The molecule has 5 nitrogen and oxygen atoms in total.